The van der Waals surface area contributed by atoms with Gasteiger partial charge >= 0.3 is 0 Å². The third kappa shape index (κ3) is 9.03. The van der Waals surface area contributed by atoms with E-state index in [1.165, 1.54) is 6.08 Å². The fraction of sp³-hybridized carbons (Fsp3) is 0.217. The summed E-state index contributed by atoms with van der Waals surface area (Å²) in [6.07, 6.45) is 2.27. The SMILES string of the molecule is C=C1C(=O)N(c2cc(C)c(C)c(OC)c2)[C@H]1c1ccc(C)c(N)c1.C=CC(=O)Cl.C=CC(=O)Nc1cc([C@H]2C(=C)C(=O)N2c2cc(C)c(C)c(OC)c2)ccc1C. The van der Waals surface area contributed by atoms with Gasteiger partial charge in [0.25, 0.3) is 11.8 Å². The Kier molecular flexibility index (Phi) is 13.7. The zero-order valence-electron chi connectivity index (χ0n) is 33.7. The van der Waals surface area contributed by atoms with Crippen molar-refractivity contribution in [2.24, 2.45) is 0 Å². The molecule has 6 rings (SSSR count). The van der Waals surface area contributed by atoms with Crippen LogP contribution in [-0.4, -0.2) is 37.2 Å². The summed E-state index contributed by atoms with van der Waals surface area (Å²) < 4.78 is 10.9. The van der Waals surface area contributed by atoms with Crippen molar-refractivity contribution in [1.29, 1.82) is 0 Å². The second-order valence-electron chi connectivity index (χ2n) is 13.8. The van der Waals surface area contributed by atoms with Gasteiger partial charge in [-0.05, 0) is 134 Å². The lowest BCUT2D eigenvalue weighted by molar-refractivity contribution is -0.119. The van der Waals surface area contributed by atoms with E-state index in [9.17, 15) is 19.2 Å². The number of β-lactam (4-membered cyclic amide) rings is 2. The van der Waals surface area contributed by atoms with Crippen LogP contribution in [0.5, 0.6) is 11.5 Å². The average molecular weight is 789 g/mol. The van der Waals surface area contributed by atoms with Crippen molar-refractivity contribution in [1.82, 2.24) is 0 Å². The Bertz CT molecular complexity index is 2330. The molecule has 2 aliphatic rings. The van der Waals surface area contributed by atoms with Gasteiger partial charge in [0.1, 0.15) is 11.5 Å². The Balaban J connectivity index is 0.000000228. The average Bonchev–Trinajstić information content (AvgIpc) is 3.19. The number of ether oxygens (including phenoxy) is 2. The summed E-state index contributed by atoms with van der Waals surface area (Å²) in [5.74, 6) is 1.05. The summed E-state index contributed by atoms with van der Waals surface area (Å²) in [4.78, 5) is 49.7. The van der Waals surface area contributed by atoms with E-state index < -0.39 is 5.24 Å². The van der Waals surface area contributed by atoms with Crippen molar-refractivity contribution in [3.05, 3.63) is 155 Å². The first kappa shape index (κ1) is 43.3. The number of anilines is 4. The molecule has 3 N–H and O–H groups in total. The van der Waals surface area contributed by atoms with Crippen molar-refractivity contribution >= 4 is 57.3 Å². The van der Waals surface area contributed by atoms with Gasteiger partial charge in [-0.1, -0.05) is 50.6 Å². The number of nitrogen functional groups attached to an aromatic ring is 1. The van der Waals surface area contributed by atoms with E-state index in [4.69, 9.17) is 26.8 Å². The third-order valence-electron chi connectivity index (χ3n) is 10.2. The van der Waals surface area contributed by atoms with Gasteiger partial charge in [0.2, 0.25) is 11.1 Å². The van der Waals surface area contributed by atoms with Crippen molar-refractivity contribution in [2.45, 2.75) is 53.6 Å². The van der Waals surface area contributed by atoms with Crippen molar-refractivity contribution in [3.63, 3.8) is 0 Å². The fourth-order valence-electron chi connectivity index (χ4n) is 6.47. The zero-order chi connectivity index (χ0) is 42.5. The van der Waals surface area contributed by atoms with Crippen LogP contribution in [0, 0.1) is 41.5 Å². The van der Waals surface area contributed by atoms with Crippen LogP contribution in [0.25, 0.3) is 0 Å². The molecule has 0 aromatic heterocycles. The maximum Gasteiger partial charge on any atom is 0.256 e. The van der Waals surface area contributed by atoms with Crippen LogP contribution in [0.4, 0.5) is 22.7 Å². The zero-order valence-corrected chi connectivity index (χ0v) is 34.5. The van der Waals surface area contributed by atoms with Gasteiger partial charge < -0.3 is 20.5 Å². The summed E-state index contributed by atoms with van der Waals surface area (Å²) in [6, 6.07) is 18.9. The lowest BCUT2D eigenvalue weighted by atomic mass is 9.87. The molecule has 0 bridgehead atoms. The third-order valence-corrected chi connectivity index (χ3v) is 10.3. The number of hydrogen-bond acceptors (Lipinski definition) is 7. The van der Waals surface area contributed by atoms with Crippen LogP contribution in [0.3, 0.4) is 0 Å². The molecule has 11 heteroatoms. The van der Waals surface area contributed by atoms with E-state index in [0.29, 0.717) is 16.8 Å². The maximum atomic E-state index is 12.6. The highest BCUT2D eigenvalue weighted by molar-refractivity contribution is 6.66. The molecule has 2 saturated heterocycles. The van der Waals surface area contributed by atoms with E-state index in [2.05, 4.69) is 31.6 Å². The van der Waals surface area contributed by atoms with Gasteiger partial charge in [0.15, 0.2) is 0 Å². The van der Waals surface area contributed by atoms with E-state index in [-0.39, 0.29) is 29.8 Å². The Hall–Kier alpha value is -6.39. The number of amides is 3. The Morgan fingerprint density at radius 2 is 1.11 bits per heavy atom. The van der Waals surface area contributed by atoms with Gasteiger partial charge in [-0.15, -0.1) is 0 Å². The molecule has 0 radical (unpaired) electrons. The standard InChI is InChI=1S/C23H24N2O3.C20H22N2O2.C3H3ClO/c1-7-21(26)24-19-11-17(9-8-13(19)2)22-16(5)23(27)25(22)18-10-14(3)15(4)20(12-18)28-6;1-11-6-7-15(9-17(11)21)19-14(4)20(23)22(19)16-8-12(2)13(3)18(10-16)24-5;1-2-3(4)5/h7-12,22H,1,5H2,2-4,6H3,(H,24,26);6-10,19H,4,21H2,1-3,5H3;2H,1H2/t22-;19-;/m11./s1. The molecule has 4 aromatic rings. The Morgan fingerprint density at radius 1 is 0.684 bits per heavy atom. The highest BCUT2D eigenvalue weighted by atomic mass is 35.5. The lowest BCUT2D eigenvalue weighted by Crippen LogP contribution is -2.49. The van der Waals surface area contributed by atoms with Crippen LogP contribution in [0.15, 0.2) is 110 Å². The first-order valence-electron chi connectivity index (χ1n) is 18.0. The van der Waals surface area contributed by atoms with Gasteiger partial charge in [0.05, 0.1) is 26.3 Å². The summed E-state index contributed by atoms with van der Waals surface area (Å²) in [5, 5.41) is 2.30. The first-order valence-corrected chi connectivity index (χ1v) is 18.3. The number of nitrogens with two attached hydrogens (primary N) is 1. The number of benzene rings is 4. The second kappa shape index (κ2) is 18.0. The molecule has 3 amide bonds. The number of carbonyl (C=O) groups is 4. The number of methoxy groups -OCH3 is 2. The van der Waals surface area contributed by atoms with Crippen molar-refractivity contribution in [3.8, 4) is 11.5 Å². The summed E-state index contributed by atoms with van der Waals surface area (Å²) in [6.45, 7) is 26.3. The molecule has 2 heterocycles. The molecule has 296 valence electrons. The second-order valence-corrected chi connectivity index (χ2v) is 14.2. The molecule has 0 aliphatic carbocycles. The summed E-state index contributed by atoms with van der Waals surface area (Å²) >= 11 is 4.71. The largest absolute Gasteiger partial charge is 0.496 e. The first-order chi connectivity index (χ1) is 26.9. The highest BCUT2D eigenvalue weighted by Crippen LogP contribution is 2.46. The molecule has 2 atom stereocenters. The Labute approximate surface area is 339 Å². The number of rotatable bonds is 9. The van der Waals surface area contributed by atoms with Gasteiger partial charge in [-0.2, -0.15) is 0 Å². The number of halogens is 1. The minimum atomic E-state index is -0.509. The van der Waals surface area contributed by atoms with Gasteiger partial charge in [-0.25, -0.2) is 0 Å². The normalized spacial score (nSPS) is 15.5. The minimum absolute atomic E-state index is 0.0653. The minimum Gasteiger partial charge on any atom is -0.496 e. The van der Waals surface area contributed by atoms with E-state index >= 15 is 0 Å². The molecule has 0 unspecified atom stereocenters. The predicted octanol–water partition coefficient (Wildman–Crippen LogP) is 9.17. The smallest absolute Gasteiger partial charge is 0.256 e. The summed E-state index contributed by atoms with van der Waals surface area (Å²) in [5.41, 5.74) is 18.2. The highest BCUT2D eigenvalue weighted by Gasteiger charge is 2.44. The van der Waals surface area contributed by atoms with E-state index in [0.717, 1.165) is 79.1 Å². The van der Waals surface area contributed by atoms with Crippen molar-refractivity contribution in [2.75, 3.05) is 35.1 Å². The predicted molar refractivity (Wildman–Crippen MR) is 230 cm³/mol. The lowest BCUT2D eigenvalue weighted by Gasteiger charge is -2.43. The number of hydrogen-bond donors (Lipinski definition) is 2. The number of nitrogens with one attached hydrogen (secondary N) is 1. The van der Waals surface area contributed by atoms with Crippen LogP contribution >= 0.6 is 11.6 Å². The number of carbonyl (C=O) groups excluding carboxylic acids is 4. The molecular weight excluding hydrogens is 740 g/mol. The van der Waals surface area contributed by atoms with Gasteiger partial charge in [-0.3, -0.25) is 29.0 Å². The molecule has 4 aromatic carbocycles. The maximum absolute atomic E-state index is 12.6. The molecule has 2 aliphatic heterocycles. The van der Waals surface area contributed by atoms with E-state index in [1.807, 2.05) is 102 Å². The number of allylic oxidation sites excluding steroid dienone is 1. The number of aryl methyl sites for hydroxylation is 4. The Morgan fingerprint density at radius 3 is 1.49 bits per heavy atom. The number of nitrogens with zero attached hydrogens (tertiary/aromatic N) is 2. The molecular formula is C46H49ClN4O6. The fourth-order valence-corrected chi connectivity index (χ4v) is 6.47. The molecule has 2 fully saturated rings. The monoisotopic (exact) mass is 788 g/mol. The van der Waals surface area contributed by atoms with Crippen LogP contribution in [0.2, 0.25) is 0 Å². The summed E-state index contributed by atoms with van der Waals surface area (Å²) in [7, 11) is 3.26. The molecule has 0 spiro atoms. The molecule has 10 nitrogen and oxygen atoms in total. The molecule has 57 heavy (non-hydrogen) atoms. The van der Waals surface area contributed by atoms with Crippen LogP contribution in [-0.2, 0) is 19.2 Å². The molecule has 0 saturated carbocycles. The quantitative estimate of drug-likeness (QED) is 0.0749. The van der Waals surface area contributed by atoms with Crippen molar-refractivity contribution < 1.29 is 28.7 Å². The van der Waals surface area contributed by atoms with Gasteiger partial charge in [0, 0.05) is 46.0 Å². The van der Waals surface area contributed by atoms with Crippen LogP contribution < -0.4 is 30.3 Å². The van der Waals surface area contributed by atoms with E-state index in [1.54, 1.807) is 24.0 Å². The topological polar surface area (TPSA) is 131 Å². The van der Waals surface area contributed by atoms with Crippen LogP contribution in [0.1, 0.15) is 56.6 Å².